The van der Waals surface area contributed by atoms with E-state index in [1.54, 1.807) is 34.4 Å². The summed E-state index contributed by atoms with van der Waals surface area (Å²) in [5.41, 5.74) is 1.80. The van der Waals surface area contributed by atoms with E-state index < -0.39 is 0 Å². The van der Waals surface area contributed by atoms with Gasteiger partial charge in [0.05, 0.1) is 33.6 Å². The highest BCUT2D eigenvalue weighted by molar-refractivity contribution is 5.79. The summed E-state index contributed by atoms with van der Waals surface area (Å²) in [5, 5.41) is 6.40. The quantitative estimate of drug-likeness (QED) is 0.576. The lowest BCUT2D eigenvalue weighted by Crippen LogP contribution is -2.36. The number of methoxy groups -OCH3 is 3. The van der Waals surface area contributed by atoms with E-state index in [0.717, 1.165) is 17.0 Å². The van der Waals surface area contributed by atoms with E-state index in [2.05, 4.69) is 20.6 Å². The molecule has 8 heteroatoms. The molecule has 26 heavy (non-hydrogen) atoms. The molecular weight excluding hydrogens is 336 g/mol. The number of nitrogens with zero attached hydrogens (tertiary/aromatic N) is 2. The molecule has 0 fully saturated rings. The van der Waals surface area contributed by atoms with Gasteiger partial charge in [-0.3, -0.25) is 4.99 Å². The van der Waals surface area contributed by atoms with E-state index in [-0.39, 0.29) is 0 Å². The molecule has 2 N–H and O–H groups in total. The molecule has 0 amide bonds. The van der Waals surface area contributed by atoms with Gasteiger partial charge in [-0.2, -0.15) is 0 Å². The van der Waals surface area contributed by atoms with Crippen LogP contribution in [0.15, 0.2) is 21.5 Å². The lowest BCUT2D eigenvalue weighted by Gasteiger charge is -2.16. The maximum absolute atomic E-state index is 5.56. The Balaban J connectivity index is 2.03. The second kappa shape index (κ2) is 8.98. The summed E-state index contributed by atoms with van der Waals surface area (Å²) in [4.78, 5) is 8.55. The van der Waals surface area contributed by atoms with Crippen molar-refractivity contribution in [3.8, 4) is 17.2 Å². The summed E-state index contributed by atoms with van der Waals surface area (Å²) < 4.78 is 21.6. The highest BCUT2D eigenvalue weighted by Crippen LogP contribution is 2.34. The van der Waals surface area contributed by atoms with Crippen LogP contribution in [0.25, 0.3) is 0 Å². The molecule has 2 rings (SSSR count). The van der Waals surface area contributed by atoms with Crippen LogP contribution in [0.1, 0.15) is 22.9 Å². The van der Waals surface area contributed by atoms with Crippen molar-refractivity contribution in [3.05, 3.63) is 35.0 Å². The molecule has 1 aromatic heterocycles. The smallest absolute Gasteiger partial charge is 0.214 e. The highest BCUT2D eigenvalue weighted by atomic mass is 16.5. The minimum atomic E-state index is 0.442. The van der Waals surface area contributed by atoms with Gasteiger partial charge in [0.15, 0.2) is 17.5 Å². The number of rotatable bonds is 7. The number of benzene rings is 1. The average molecular weight is 362 g/mol. The number of ether oxygens (including phenoxy) is 3. The van der Waals surface area contributed by atoms with Gasteiger partial charge in [0.1, 0.15) is 11.5 Å². The van der Waals surface area contributed by atoms with Gasteiger partial charge in [-0.1, -0.05) is 0 Å². The van der Waals surface area contributed by atoms with Gasteiger partial charge in [0, 0.05) is 25.2 Å². The van der Waals surface area contributed by atoms with Gasteiger partial charge in [0.25, 0.3) is 0 Å². The number of aromatic nitrogens is 1. The second-order valence-corrected chi connectivity index (χ2v) is 5.55. The monoisotopic (exact) mass is 362 g/mol. The molecule has 0 unspecified atom stereocenters. The molecule has 0 aliphatic heterocycles. The van der Waals surface area contributed by atoms with Crippen molar-refractivity contribution >= 4 is 5.96 Å². The molecule has 2 aromatic rings. The molecule has 0 saturated carbocycles. The number of guanidine groups is 1. The largest absolute Gasteiger partial charge is 0.496 e. The molecule has 8 nitrogen and oxygen atoms in total. The Kier molecular flexibility index (Phi) is 6.71. The van der Waals surface area contributed by atoms with Gasteiger partial charge < -0.3 is 29.3 Å². The van der Waals surface area contributed by atoms with Crippen LogP contribution >= 0.6 is 0 Å². The fourth-order valence-electron chi connectivity index (χ4n) is 2.40. The number of aliphatic imine (C=N–C) groups is 1. The molecule has 1 aromatic carbocycles. The highest BCUT2D eigenvalue weighted by Gasteiger charge is 2.12. The van der Waals surface area contributed by atoms with Crippen molar-refractivity contribution in [1.82, 2.24) is 15.6 Å². The molecule has 142 valence electrons. The van der Waals surface area contributed by atoms with Gasteiger partial charge in [0.2, 0.25) is 5.89 Å². The zero-order valence-corrected chi connectivity index (χ0v) is 16.1. The topological polar surface area (TPSA) is 90.1 Å². The van der Waals surface area contributed by atoms with Crippen molar-refractivity contribution in [2.24, 2.45) is 4.99 Å². The summed E-state index contributed by atoms with van der Waals surface area (Å²) in [5.74, 6) is 4.01. The third-order valence-electron chi connectivity index (χ3n) is 3.94. The minimum absolute atomic E-state index is 0.442. The molecule has 1 heterocycles. The van der Waals surface area contributed by atoms with E-state index >= 15 is 0 Å². The number of oxazole rings is 1. The zero-order valence-electron chi connectivity index (χ0n) is 16.1. The Morgan fingerprint density at radius 3 is 2.15 bits per heavy atom. The Labute approximate surface area is 153 Å². The van der Waals surface area contributed by atoms with E-state index in [1.165, 1.54) is 0 Å². The van der Waals surface area contributed by atoms with E-state index in [0.29, 0.717) is 42.2 Å². The van der Waals surface area contributed by atoms with Crippen LogP contribution in [0.2, 0.25) is 0 Å². The summed E-state index contributed by atoms with van der Waals surface area (Å²) in [6, 6.07) is 3.67. The third-order valence-corrected chi connectivity index (χ3v) is 3.94. The first-order chi connectivity index (χ1) is 12.5. The summed E-state index contributed by atoms with van der Waals surface area (Å²) in [6.07, 6.45) is 0. The first-order valence-electron chi connectivity index (χ1n) is 8.18. The fraction of sp³-hybridized carbons (Fsp3) is 0.444. The minimum Gasteiger partial charge on any atom is -0.496 e. The molecule has 0 radical (unpaired) electrons. The van der Waals surface area contributed by atoms with Crippen LogP contribution in [0.5, 0.6) is 17.2 Å². The van der Waals surface area contributed by atoms with Crippen molar-refractivity contribution in [1.29, 1.82) is 0 Å². The maximum atomic E-state index is 5.56. The van der Waals surface area contributed by atoms with Crippen molar-refractivity contribution in [2.75, 3.05) is 28.4 Å². The zero-order chi connectivity index (χ0) is 19.1. The normalized spacial score (nSPS) is 11.2. The first kappa shape index (κ1) is 19.4. The number of aryl methyl sites for hydroxylation is 2. The third kappa shape index (κ3) is 4.59. The lowest BCUT2D eigenvalue weighted by molar-refractivity contribution is 0.347. The van der Waals surface area contributed by atoms with E-state index in [4.69, 9.17) is 18.6 Å². The summed E-state index contributed by atoms with van der Waals surface area (Å²) in [6.45, 7) is 4.74. The molecule has 0 spiro atoms. The maximum Gasteiger partial charge on any atom is 0.214 e. The second-order valence-electron chi connectivity index (χ2n) is 5.55. The standard InChI is InChI=1S/C18H26N4O4/c1-11-12(2)26-17(22-11)10-21-18(19-3)20-9-13-7-15(24-5)16(25-6)8-14(13)23-4/h7-8H,9-10H2,1-6H3,(H2,19,20,21). The van der Waals surface area contributed by atoms with Crippen LogP contribution in [0, 0.1) is 13.8 Å². The van der Waals surface area contributed by atoms with Gasteiger partial charge in [-0.05, 0) is 19.9 Å². The number of hydrogen-bond donors (Lipinski definition) is 2. The van der Waals surface area contributed by atoms with Crippen LogP contribution < -0.4 is 24.8 Å². The molecule has 0 bridgehead atoms. The molecule has 0 saturated heterocycles. The Morgan fingerprint density at radius 2 is 1.62 bits per heavy atom. The van der Waals surface area contributed by atoms with Gasteiger partial charge >= 0.3 is 0 Å². The van der Waals surface area contributed by atoms with Gasteiger partial charge in [-0.25, -0.2) is 4.98 Å². The van der Waals surface area contributed by atoms with Crippen molar-refractivity contribution in [2.45, 2.75) is 26.9 Å². The van der Waals surface area contributed by atoms with Crippen molar-refractivity contribution < 1.29 is 18.6 Å². The summed E-state index contributed by atoms with van der Waals surface area (Å²) in [7, 11) is 6.51. The SMILES string of the molecule is CN=C(NCc1nc(C)c(C)o1)NCc1cc(OC)c(OC)cc1OC. The Bertz CT molecular complexity index is 751. The Hall–Kier alpha value is -2.90. The number of hydrogen-bond acceptors (Lipinski definition) is 6. The molecule has 0 atom stereocenters. The number of nitrogens with one attached hydrogen (secondary N) is 2. The first-order valence-corrected chi connectivity index (χ1v) is 8.18. The van der Waals surface area contributed by atoms with E-state index in [1.807, 2.05) is 19.9 Å². The molecular formula is C18H26N4O4. The van der Waals surface area contributed by atoms with Crippen LogP contribution in [-0.2, 0) is 13.1 Å². The molecule has 0 aliphatic rings. The van der Waals surface area contributed by atoms with Crippen molar-refractivity contribution in [3.63, 3.8) is 0 Å². The molecule has 0 aliphatic carbocycles. The Morgan fingerprint density at radius 1 is 1.00 bits per heavy atom. The van der Waals surface area contributed by atoms with Crippen LogP contribution in [0.4, 0.5) is 0 Å². The van der Waals surface area contributed by atoms with Crippen LogP contribution in [-0.4, -0.2) is 39.3 Å². The van der Waals surface area contributed by atoms with E-state index in [9.17, 15) is 0 Å². The predicted molar refractivity (Wildman–Crippen MR) is 99.1 cm³/mol. The van der Waals surface area contributed by atoms with Crippen LogP contribution in [0.3, 0.4) is 0 Å². The summed E-state index contributed by atoms with van der Waals surface area (Å²) >= 11 is 0. The lowest BCUT2D eigenvalue weighted by atomic mass is 10.1. The average Bonchev–Trinajstić information content (AvgIpc) is 2.98. The van der Waals surface area contributed by atoms with Gasteiger partial charge in [-0.15, -0.1) is 0 Å². The fourth-order valence-corrected chi connectivity index (χ4v) is 2.40. The predicted octanol–water partition coefficient (Wildman–Crippen LogP) is 2.18.